The molecule has 3 rings (SSSR count). The highest BCUT2D eigenvalue weighted by molar-refractivity contribution is 5.98. The molecule has 6 nitrogen and oxygen atoms in total. The van der Waals surface area contributed by atoms with Gasteiger partial charge in [0.1, 0.15) is 5.56 Å². The summed E-state index contributed by atoms with van der Waals surface area (Å²) < 4.78 is 5.84. The fourth-order valence-electron chi connectivity index (χ4n) is 4.15. The molecule has 0 heterocycles. The Hall–Kier alpha value is -1.95. The first-order chi connectivity index (χ1) is 11.1. The van der Waals surface area contributed by atoms with Crippen molar-refractivity contribution in [3.63, 3.8) is 0 Å². The third-order valence-electron chi connectivity index (χ3n) is 5.34. The number of nitro groups is 1. The van der Waals surface area contributed by atoms with Crippen LogP contribution >= 0.6 is 0 Å². The molecular weight excluding hydrogens is 296 g/mol. The Kier molecular flexibility index (Phi) is 4.35. The molecule has 1 aromatic rings. The van der Waals surface area contributed by atoms with Crippen molar-refractivity contribution in [2.45, 2.75) is 51.2 Å². The summed E-state index contributed by atoms with van der Waals surface area (Å²) in [5.41, 5.74) is 0.00606. The van der Waals surface area contributed by atoms with Crippen molar-refractivity contribution in [1.82, 2.24) is 5.32 Å². The predicted octanol–water partition coefficient (Wildman–Crippen LogP) is 3.06. The molecule has 2 fully saturated rings. The fourth-order valence-corrected chi connectivity index (χ4v) is 4.15. The van der Waals surface area contributed by atoms with Crippen LogP contribution in [0.15, 0.2) is 24.3 Å². The molecule has 0 radical (unpaired) electrons. The monoisotopic (exact) mass is 318 g/mol. The van der Waals surface area contributed by atoms with Crippen LogP contribution in [0.4, 0.5) is 5.69 Å². The van der Waals surface area contributed by atoms with E-state index in [9.17, 15) is 14.9 Å². The second kappa shape index (κ2) is 6.28. The number of nitro benzene ring substituents is 1. The number of ether oxygens (including phenoxy) is 1. The summed E-state index contributed by atoms with van der Waals surface area (Å²) >= 11 is 0. The van der Waals surface area contributed by atoms with E-state index in [1.54, 1.807) is 12.1 Å². The largest absolute Gasteiger partial charge is 0.378 e. The average molecular weight is 318 g/mol. The maximum absolute atomic E-state index is 12.5. The van der Waals surface area contributed by atoms with E-state index >= 15 is 0 Å². The van der Waals surface area contributed by atoms with Gasteiger partial charge in [0.2, 0.25) is 0 Å². The summed E-state index contributed by atoms with van der Waals surface area (Å²) in [6, 6.07) is 6.14. The highest BCUT2D eigenvalue weighted by atomic mass is 16.6. The molecule has 1 amide bonds. The third-order valence-corrected chi connectivity index (χ3v) is 5.34. The van der Waals surface area contributed by atoms with Gasteiger partial charge in [-0.15, -0.1) is 0 Å². The fraction of sp³-hybridized carbons (Fsp3) is 0.588. The molecule has 124 valence electrons. The number of para-hydroxylation sites is 1. The number of carbonyl (C=O) groups excluding carboxylic acids is 1. The number of nitrogens with one attached hydrogen (secondary N) is 1. The Morgan fingerprint density at radius 3 is 2.74 bits per heavy atom. The SMILES string of the molecule is CCO[C@@H]1C[C@H](NC(=O)c2ccccc2[N+](=O)[O-])C12CCCC2. The van der Waals surface area contributed by atoms with Gasteiger partial charge in [-0.2, -0.15) is 0 Å². The molecule has 0 aliphatic heterocycles. The van der Waals surface area contributed by atoms with Crippen molar-refractivity contribution in [2.24, 2.45) is 5.41 Å². The summed E-state index contributed by atoms with van der Waals surface area (Å²) in [6.07, 6.45) is 5.41. The Bertz CT molecular complexity index is 610. The van der Waals surface area contributed by atoms with Crippen molar-refractivity contribution >= 4 is 11.6 Å². The minimum Gasteiger partial charge on any atom is -0.378 e. The minimum absolute atomic E-state index is 0.0230. The van der Waals surface area contributed by atoms with E-state index in [0.29, 0.717) is 6.61 Å². The van der Waals surface area contributed by atoms with Crippen LogP contribution in [-0.2, 0) is 4.74 Å². The molecule has 2 aliphatic carbocycles. The quantitative estimate of drug-likeness (QED) is 0.668. The lowest BCUT2D eigenvalue weighted by molar-refractivity contribution is -0.385. The lowest BCUT2D eigenvalue weighted by Crippen LogP contribution is -2.63. The van der Waals surface area contributed by atoms with E-state index in [0.717, 1.165) is 32.1 Å². The molecule has 2 saturated carbocycles. The van der Waals surface area contributed by atoms with Crippen LogP contribution in [0.25, 0.3) is 0 Å². The number of benzene rings is 1. The molecule has 6 heteroatoms. The standard InChI is InChI=1S/C17H22N2O4/c1-2-23-15-11-14(17(15)9-5-6-10-17)18-16(20)12-7-3-4-8-13(12)19(21)22/h3-4,7-8,14-15H,2,5-6,9-11H2,1H3,(H,18,20)/t14-,15+/m0/s1. The van der Waals surface area contributed by atoms with Crippen LogP contribution in [0.3, 0.4) is 0 Å². The maximum atomic E-state index is 12.5. The molecule has 23 heavy (non-hydrogen) atoms. The van der Waals surface area contributed by atoms with Gasteiger partial charge in [-0.1, -0.05) is 25.0 Å². The molecule has 0 saturated heterocycles. The Morgan fingerprint density at radius 1 is 1.39 bits per heavy atom. The third kappa shape index (κ3) is 2.72. The zero-order valence-electron chi connectivity index (χ0n) is 13.3. The van der Waals surface area contributed by atoms with Gasteiger partial charge in [0.15, 0.2) is 0 Å². The van der Waals surface area contributed by atoms with Crippen molar-refractivity contribution in [2.75, 3.05) is 6.61 Å². The average Bonchev–Trinajstić information content (AvgIpc) is 3.06. The summed E-state index contributed by atoms with van der Waals surface area (Å²) in [6.45, 7) is 2.67. The Morgan fingerprint density at radius 2 is 2.09 bits per heavy atom. The summed E-state index contributed by atoms with van der Waals surface area (Å²) in [5.74, 6) is -0.358. The van der Waals surface area contributed by atoms with Crippen molar-refractivity contribution in [3.05, 3.63) is 39.9 Å². The van der Waals surface area contributed by atoms with Crippen LogP contribution < -0.4 is 5.32 Å². The first-order valence-electron chi connectivity index (χ1n) is 8.24. The molecule has 2 aliphatic rings. The Balaban J connectivity index is 1.75. The van der Waals surface area contributed by atoms with E-state index in [1.807, 2.05) is 6.92 Å². The highest BCUT2D eigenvalue weighted by Gasteiger charge is 2.57. The van der Waals surface area contributed by atoms with Crippen molar-refractivity contribution < 1.29 is 14.5 Å². The Labute approximate surface area is 135 Å². The van der Waals surface area contributed by atoms with Gasteiger partial charge in [0.05, 0.1) is 11.0 Å². The van der Waals surface area contributed by atoms with Crippen molar-refractivity contribution in [1.29, 1.82) is 0 Å². The summed E-state index contributed by atoms with van der Waals surface area (Å²) in [4.78, 5) is 23.1. The van der Waals surface area contributed by atoms with Crippen molar-refractivity contribution in [3.8, 4) is 0 Å². The molecule has 0 aromatic heterocycles. The smallest absolute Gasteiger partial charge is 0.282 e. The van der Waals surface area contributed by atoms with Gasteiger partial charge in [-0.25, -0.2) is 0 Å². The van der Waals surface area contributed by atoms with Gasteiger partial charge in [0.25, 0.3) is 11.6 Å². The first-order valence-corrected chi connectivity index (χ1v) is 8.24. The second-order valence-corrected chi connectivity index (χ2v) is 6.42. The van der Waals surface area contributed by atoms with E-state index in [-0.39, 0.29) is 34.7 Å². The van der Waals surface area contributed by atoms with Gasteiger partial charge in [-0.05, 0) is 32.3 Å². The van der Waals surface area contributed by atoms with Crippen LogP contribution in [0.1, 0.15) is 49.4 Å². The van der Waals surface area contributed by atoms with Crippen LogP contribution in [0.5, 0.6) is 0 Å². The number of nitrogens with zero attached hydrogens (tertiary/aromatic N) is 1. The number of rotatable bonds is 5. The lowest BCUT2D eigenvalue weighted by atomic mass is 9.60. The normalized spacial score (nSPS) is 25.1. The predicted molar refractivity (Wildman–Crippen MR) is 85.3 cm³/mol. The topological polar surface area (TPSA) is 81.5 Å². The molecule has 1 spiro atoms. The minimum atomic E-state index is -0.510. The van der Waals surface area contributed by atoms with E-state index < -0.39 is 4.92 Å². The first kappa shape index (κ1) is 15.9. The summed E-state index contributed by atoms with van der Waals surface area (Å²) in [5, 5.41) is 14.1. The number of hydrogen-bond donors (Lipinski definition) is 1. The van der Waals surface area contributed by atoms with Gasteiger partial charge >= 0.3 is 0 Å². The van der Waals surface area contributed by atoms with Crippen LogP contribution in [0, 0.1) is 15.5 Å². The van der Waals surface area contributed by atoms with Crippen LogP contribution in [0.2, 0.25) is 0 Å². The lowest BCUT2D eigenvalue weighted by Gasteiger charge is -2.54. The zero-order chi connectivity index (χ0) is 16.4. The van der Waals surface area contributed by atoms with E-state index in [4.69, 9.17) is 4.74 Å². The molecule has 2 atom stereocenters. The molecule has 0 bridgehead atoms. The molecule has 1 aromatic carbocycles. The molecule has 0 unspecified atom stereocenters. The molecular formula is C17H22N2O4. The number of carbonyl (C=O) groups is 1. The van der Waals surface area contributed by atoms with Gasteiger partial charge in [0, 0.05) is 24.1 Å². The number of amides is 1. The zero-order valence-corrected chi connectivity index (χ0v) is 13.3. The summed E-state index contributed by atoms with van der Waals surface area (Å²) in [7, 11) is 0. The number of hydrogen-bond acceptors (Lipinski definition) is 4. The highest BCUT2D eigenvalue weighted by Crippen LogP contribution is 2.54. The van der Waals surface area contributed by atoms with E-state index in [2.05, 4.69) is 5.32 Å². The maximum Gasteiger partial charge on any atom is 0.282 e. The van der Waals surface area contributed by atoms with Gasteiger partial charge in [-0.3, -0.25) is 14.9 Å². The van der Waals surface area contributed by atoms with Crippen LogP contribution in [-0.4, -0.2) is 29.6 Å². The van der Waals surface area contributed by atoms with E-state index in [1.165, 1.54) is 12.1 Å². The molecule has 1 N–H and O–H groups in total. The van der Waals surface area contributed by atoms with Gasteiger partial charge < -0.3 is 10.1 Å². The second-order valence-electron chi connectivity index (χ2n) is 6.42.